The van der Waals surface area contributed by atoms with E-state index in [4.69, 9.17) is 5.26 Å². The molecule has 1 unspecified atom stereocenters. The van der Waals surface area contributed by atoms with E-state index in [1.807, 2.05) is 45.9 Å². The first-order valence-electron chi connectivity index (χ1n) is 7.66. The summed E-state index contributed by atoms with van der Waals surface area (Å²) in [6, 6.07) is 11.2. The molecular formula is C19H21N3O. The molecule has 0 radical (unpaired) electrons. The van der Waals surface area contributed by atoms with E-state index < -0.39 is 0 Å². The maximum Gasteiger partial charge on any atom is 0.232 e. The Balaban J connectivity index is 2.24. The average Bonchev–Trinajstić information content (AvgIpc) is 2.51. The van der Waals surface area contributed by atoms with E-state index in [9.17, 15) is 4.79 Å². The van der Waals surface area contributed by atoms with Crippen LogP contribution < -0.4 is 5.32 Å². The number of pyridine rings is 1. The molecule has 0 saturated carbocycles. The molecule has 0 aliphatic rings. The largest absolute Gasteiger partial charge is 0.324 e. The molecule has 4 heteroatoms. The van der Waals surface area contributed by atoms with Gasteiger partial charge in [0.15, 0.2) is 0 Å². The molecule has 1 atom stereocenters. The Hall–Kier alpha value is -2.67. The van der Waals surface area contributed by atoms with Gasteiger partial charge in [-0.2, -0.15) is 5.26 Å². The Morgan fingerprint density at radius 3 is 2.39 bits per heavy atom. The third kappa shape index (κ3) is 3.95. The lowest BCUT2D eigenvalue weighted by molar-refractivity contribution is -0.118. The van der Waals surface area contributed by atoms with Crippen molar-refractivity contribution < 1.29 is 4.79 Å². The zero-order valence-electron chi connectivity index (χ0n) is 13.9. The highest BCUT2D eigenvalue weighted by molar-refractivity contribution is 5.96. The number of nitriles is 1. The van der Waals surface area contributed by atoms with Gasteiger partial charge in [0.25, 0.3) is 0 Å². The van der Waals surface area contributed by atoms with Gasteiger partial charge in [0, 0.05) is 5.69 Å². The number of carbonyl (C=O) groups is 1. The molecule has 1 aromatic heterocycles. The predicted octanol–water partition coefficient (Wildman–Crippen LogP) is 3.95. The standard InChI is InChI=1S/C19H21N3O/c1-12(2)18(16-7-5-15(10-20)6-8-16)19(23)22-17-9-13(3)14(4)21-11-17/h5-9,11-12,18H,1-4H3,(H,22,23). The second-order valence-electron chi connectivity index (χ2n) is 6.07. The maximum atomic E-state index is 12.7. The molecule has 2 aromatic rings. The number of hydrogen-bond acceptors (Lipinski definition) is 3. The molecule has 0 bridgehead atoms. The van der Waals surface area contributed by atoms with Crippen LogP contribution in [0.5, 0.6) is 0 Å². The van der Waals surface area contributed by atoms with Crippen LogP contribution >= 0.6 is 0 Å². The van der Waals surface area contributed by atoms with Gasteiger partial charge < -0.3 is 5.32 Å². The van der Waals surface area contributed by atoms with Gasteiger partial charge in [0.05, 0.1) is 29.4 Å². The number of anilines is 1. The molecule has 23 heavy (non-hydrogen) atoms. The van der Waals surface area contributed by atoms with Crippen LogP contribution in [0.15, 0.2) is 36.5 Å². The van der Waals surface area contributed by atoms with Crippen LogP contribution in [0.4, 0.5) is 5.69 Å². The normalized spacial score (nSPS) is 11.8. The monoisotopic (exact) mass is 307 g/mol. The SMILES string of the molecule is Cc1cc(NC(=O)C(c2ccc(C#N)cc2)C(C)C)cnc1C. The van der Waals surface area contributed by atoms with Crippen molar-refractivity contribution in [3.8, 4) is 6.07 Å². The smallest absolute Gasteiger partial charge is 0.232 e. The fraction of sp³-hybridized carbons (Fsp3) is 0.316. The van der Waals surface area contributed by atoms with Crippen molar-refractivity contribution in [2.24, 2.45) is 5.92 Å². The topological polar surface area (TPSA) is 65.8 Å². The van der Waals surface area contributed by atoms with Crippen LogP contribution in [0.25, 0.3) is 0 Å². The van der Waals surface area contributed by atoms with Gasteiger partial charge in [0.1, 0.15) is 0 Å². The summed E-state index contributed by atoms with van der Waals surface area (Å²) in [5.74, 6) is -0.193. The number of aryl methyl sites for hydroxylation is 2. The molecule has 0 saturated heterocycles. The molecule has 1 heterocycles. The predicted molar refractivity (Wildman–Crippen MR) is 91.1 cm³/mol. The van der Waals surface area contributed by atoms with Crippen molar-refractivity contribution in [2.75, 3.05) is 5.32 Å². The van der Waals surface area contributed by atoms with Gasteiger partial charge in [0.2, 0.25) is 5.91 Å². The minimum absolute atomic E-state index is 0.0604. The molecule has 1 amide bonds. The van der Waals surface area contributed by atoms with E-state index >= 15 is 0 Å². The van der Waals surface area contributed by atoms with Crippen molar-refractivity contribution in [1.82, 2.24) is 4.98 Å². The summed E-state index contributed by atoms with van der Waals surface area (Å²) in [7, 11) is 0. The van der Waals surface area contributed by atoms with Crippen molar-refractivity contribution in [2.45, 2.75) is 33.6 Å². The zero-order valence-corrected chi connectivity index (χ0v) is 13.9. The summed E-state index contributed by atoms with van der Waals surface area (Å²) in [5.41, 5.74) is 4.21. The van der Waals surface area contributed by atoms with Crippen molar-refractivity contribution in [1.29, 1.82) is 5.26 Å². The van der Waals surface area contributed by atoms with Crippen LogP contribution in [0.3, 0.4) is 0 Å². The minimum Gasteiger partial charge on any atom is -0.324 e. The van der Waals surface area contributed by atoms with Gasteiger partial charge in [-0.25, -0.2) is 0 Å². The van der Waals surface area contributed by atoms with Crippen LogP contribution in [0, 0.1) is 31.1 Å². The number of aromatic nitrogens is 1. The maximum absolute atomic E-state index is 12.7. The van der Waals surface area contributed by atoms with Crippen LogP contribution in [-0.4, -0.2) is 10.9 Å². The molecular weight excluding hydrogens is 286 g/mol. The second kappa shape index (κ2) is 7.06. The van der Waals surface area contributed by atoms with Crippen LogP contribution in [0.1, 0.15) is 42.1 Å². The molecule has 1 N–H and O–H groups in total. The van der Waals surface area contributed by atoms with Crippen molar-refractivity contribution in [3.05, 3.63) is 58.9 Å². The van der Waals surface area contributed by atoms with Gasteiger partial charge in [-0.1, -0.05) is 26.0 Å². The summed E-state index contributed by atoms with van der Waals surface area (Å²) in [5, 5.41) is 11.8. The summed E-state index contributed by atoms with van der Waals surface area (Å²) in [6.07, 6.45) is 1.68. The van der Waals surface area contributed by atoms with Gasteiger partial charge in [-0.05, 0) is 49.1 Å². The molecule has 0 aliphatic heterocycles. The van der Waals surface area contributed by atoms with E-state index in [1.54, 1.807) is 18.3 Å². The number of carbonyl (C=O) groups excluding carboxylic acids is 1. The van der Waals surface area contributed by atoms with Gasteiger partial charge in [-0.15, -0.1) is 0 Å². The fourth-order valence-electron chi connectivity index (χ4n) is 2.54. The van der Waals surface area contributed by atoms with Crippen molar-refractivity contribution >= 4 is 11.6 Å². The Labute approximate surface area is 137 Å². The first-order valence-corrected chi connectivity index (χ1v) is 7.66. The first kappa shape index (κ1) is 16.7. The third-order valence-electron chi connectivity index (χ3n) is 3.96. The lowest BCUT2D eigenvalue weighted by atomic mass is 9.87. The van der Waals surface area contributed by atoms with Gasteiger partial charge in [-0.3, -0.25) is 9.78 Å². The number of nitrogens with zero attached hydrogens (tertiary/aromatic N) is 2. The molecule has 0 spiro atoms. The Bertz CT molecular complexity index is 742. The minimum atomic E-state index is -0.274. The molecule has 4 nitrogen and oxygen atoms in total. The Morgan fingerprint density at radius 1 is 1.22 bits per heavy atom. The van der Waals surface area contributed by atoms with E-state index in [1.165, 1.54) is 0 Å². The lowest BCUT2D eigenvalue weighted by Crippen LogP contribution is -2.25. The summed E-state index contributed by atoms with van der Waals surface area (Å²) in [6.45, 7) is 7.94. The number of nitrogens with one attached hydrogen (secondary N) is 1. The van der Waals surface area contributed by atoms with Crippen LogP contribution in [-0.2, 0) is 4.79 Å². The number of hydrogen-bond donors (Lipinski definition) is 1. The van der Waals surface area contributed by atoms with E-state index in [2.05, 4.69) is 16.4 Å². The van der Waals surface area contributed by atoms with Crippen molar-refractivity contribution in [3.63, 3.8) is 0 Å². The molecule has 1 aromatic carbocycles. The number of rotatable bonds is 4. The highest BCUT2D eigenvalue weighted by Gasteiger charge is 2.24. The molecule has 2 rings (SSSR count). The average molecular weight is 307 g/mol. The fourth-order valence-corrected chi connectivity index (χ4v) is 2.54. The van der Waals surface area contributed by atoms with E-state index in [0.717, 1.165) is 16.8 Å². The molecule has 0 aliphatic carbocycles. The highest BCUT2D eigenvalue weighted by atomic mass is 16.1. The third-order valence-corrected chi connectivity index (χ3v) is 3.96. The Morgan fingerprint density at radius 2 is 1.87 bits per heavy atom. The molecule has 118 valence electrons. The zero-order chi connectivity index (χ0) is 17.0. The first-order chi connectivity index (χ1) is 10.9. The second-order valence-corrected chi connectivity index (χ2v) is 6.07. The quantitative estimate of drug-likeness (QED) is 0.930. The summed E-state index contributed by atoms with van der Waals surface area (Å²) < 4.78 is 0. The lowest BCUT2D eigenvalue weighted by Gasteiger charge is -2.21. The highest BCUT2D eigenvalue weighted by Crippen LogP contribution is 2.26. The number of amides is 1. The van der Waals surface area contributed by atoms with E-state index in [-0.39, 0.29) is 17.7 Å². The summed E-state index contributed by atoms with van der Waals surface area (Å²) in [4.78, 5) is 17.0. The Kier molecular flexibility index (Phi) is 5.13. The number of benzene rings is 1. The summed E-state index contributed by atoms with van der Waals surface area (Å²) >= 11 is 0. The van der Waals surface area contributed by atoms with Gasteiger partial charge >= 0.3 is 0 Å². The van der Waals surface area contributed by atoms with E-state index in [0.29, 0.717) is 11.3 Å². The molecule has 0 fully saturated rings. The van der Waals surface area contributed by atoms with Crippen LogP contribution in [0.2, 0.25) is 0 Å².